The van der Waals surface area contributed by atoms with Crippen molar-refractivity contribution in [2.75, 3.05) is 13.1 Å². The fraction of sp³-hybridized carbons (Fsp3) is 0.733. The molecule has 0 aliphatic rings. The molecule has 0 aliphatic heterocycles. The molecular weight excluding hydrogens is 395 g/mol. The molecule has 0 fully saturated rings. The molecule has 0 saturated heterocycles. The van der Waals surface area contributed by atoms with E-state index in [1.54, 1.807) is 11.3 Å². The molecule has 0 bridgehead atoms. The Morgan fingerprint density at radius 3 is 2.38 bits per heavy atom. The second-order valence-electron chi connectivity index (χ2n) is 6.18. The second-order valence-corrected chi connectivity index (χ2v) is 7.47. The molecule has 0 aromatic carbocycles. The fourth-order valence-corrected chi connectivity index (χ4v) is 2.51. The summed E-state index contributed by atoms with van der Waals surface area (Å²) in [5, 5.41) is 7.74. The number of hydrogen-bond donors (Lipinski definition) is 2. The third-order valence-corrected chi connectivity index (χ3v) is 4.01. The summed E-state index contributed by atoms with van der Waals surface area (Å²) >= 11 is 1.73. The molecule has 4 nitrogen and oxygen atoms in total. The van der Waals surface area contributed by atoms with E-state index in [4.69, 9.17) is 0 Å². The highest BCUT2D eigenvalue weighted by molar-refractivity contribution is 14.0. The van der Waals surface area contributed by atoms with Gasteiger partial charge < -0.3 is 10.6 Å². The fourth-order valence-electron chi connectivity index (χ4n) is 1.65. The second kappa shape index (κ2) is 9.61. The number of nitrogens with one attached hydrogen (secondary N) is 2. The van der Waals surface area contributed by atoms with Crippen LogP contribution in [0, 0.1) is 19.3 Å². The van der Waals surface area contributed by atoms with Gasteiger partial charge in [0.25, 0.3) is 0 Å². The first kappa shape index (κ1) is 20.6. The maximum absolute atomic E-state index is 4.60. The molecule has 0 atom stereocenters. The first-order chi connectivity index (χ1) is 9.31. The molecule has 122 valence electrons. The molecule has 0 spiro atoms. The molecule has 21 heavy (non-hydrogen) atoms. The molecule has 2 N–H and O–H groups in total. The quantitative estimate of drug-likeness (QED) is 0.429. The van der Waals surface area contributed by atoms with Gasteiger partial charge in [-0.3, -0.25) is 0 Å². The molecule has 0 saturated carbocycles. The molecule has 1 aromatic heterocycles. The minimum absolute atomic E-state index is 0. The number of aryl methyl sites for hydroxylation is 2. The molecule has 0 radical (unpaired) electrons. The summed E-state index contributed by atoms with van der Waals surface area (Å²) in [4.78, 5) is 10.4. The number of guanidine groups is 1. The molecular formula is C15H29IN4S. The van der Waals surface area contributed by atoms with Gasteiger partial charge >= 0.3 is 0 Å². The molecule has 0 unspecified atom stereocenters. The van der Waals surface area contributed by atoms with E-state index in [9.17, 15) is 0 Å². The van der Waals surface area contributed by atoms with Crippen molar-refractivity contribution in [1.29, 1.82) is 0 Å². The van der Waals surface area contributed by atoms with Gasteiger partial charge in [-0.05, 0) is 32.6 Å². The molecule has 6 heteroatoms. The summed E-state index contributed by atoms with van der Waals surface area (Å²) in [5.74, 6) is 0.877. The predicted octanol–water partition coefficient (Wildman–Crippen LogP) is 3.87. The summed E-state index contributed by atoms with van der Waals surface area (Å²) in [6.07, 6.45) is 1.12. The van der Waals surface area contributed by atoms with Crippen LogP contribution in [0.15, 0.2) is 4.99 Å². The largest absolute Gasteiger partial charge is 0.357 e. The van der Waals surface area contributed by atoms with Gasteiger partial charge in [0, 0.05) is 18.0 Å². The maximum Gasteiger partial charge on any atom is 0.191 e. The Labute approximate surface area is 150 Å². The lowest BCUT2D eigenvalue weighted by molar-refractivity contribution is 0.377. The summed E-state index contributed by atoms with van der Waals surface area (Å²) in [7, 11) is 0. The number of nitrogens with zero attached hydrogens (tertiary/aromatic N) is 2. The van der Waals surface area contributed by atoms with Crippen molar-refractivity contribution in [3.05, 3.63) is 15.6 Å². The van der Waals surface area contributed by atoms with E-state index in [1.807, 2.05) is 6.92 Å². The van der Waals surface area contributed by atoms with E-state index in [-0.39, 0.29) is 24.0 Å². The third-order valence-electron chi connectivity index (χ3n) is 2.96. The number of aromatic nitrogens is 1. The van der Waals surface area contributed by atoms with Gasteiger partial charge in [0.1, 0.15) is 5.01 Å². The predicted molar refractivity (Wildman–Crippen MR) is 104 cm³/mol. The smallest absolute Gasteiger partial charge is 0.191 e. The van der Waals surface area contributed by atoms with E-state index in [0.29, 0.717) is 12.0 Å². The average Bonchev–Trinajstić information content (AvgIpc) is 2.64. The Morgan fingerprint density at radius 2 is 1.90 bits per heavy atom. The number of halogens is 1. The van der Waals surface area contributed by atoms with Crippen LogP contribution >= 0.6 is 35.3 Å². The van der Waals surface area contributed by atoms with E-state index in [0.717, 1.165) is 36.2 Å². The van der Waals surface area contributed by atoms with E-state index in [1.165, 1.54) is 4.88 Å². The monoisotopic (exact) mass is 424 g/mol. The Kier molecular flexibility index (Phi) is 9.44. The Morgan fingerprint density at radius 1 is 1.24 bits per heavy atom. The van der Waals surface area contributed by atoms with Crippen LogP contribution in [0.5, 0.6) is 0 Å². The van der Waals surface area contributed by atoms with Crippen molar-refractivity contribution in [2.45, 2.75) is 54.5 Å². The van der Waals surface area contributed by atoms with Gasteiger partial charge in [-0.2, -0.15) is 0 Å². The Bertz CT molecular complexity index is 430. The average molecular weight is 424 g/mol. The lowest BCUT2D eigenvalue weighted by Crippen LogP contribution is -2.38. The van der Waals surface area contributed by atoms with Crippen LogP contribution in [-0.2, 0) is 6.54 Å². The summed E-state index contributed by atoms with van der Waals surface area (Å²) in [5.41, 5.74) is 1.46. The van der Waals surface area contributed by atoms with Crippen LogP contribution in [0.4, 0.5) is 0 Å². The Hall–Kier alpha value is -0.370. The van der Waals surface area contributed by atoms with Gasteiger partial charge in [-0.1, -0.05) is 20.8 Å². The summed E-state index contributed by atoms with van der Waals surface area (Å²) in [6.45, 7) is 15.4. The topological polar surface area (TPSA) is 49.3 Å². The van der Waals surface area contributed by atoms with Crippen molar-refractivity contribution in [2.24, 2.45) is 10.4 Å². The lowest BCUT2D eigenvalue weighted by Gasteiger charge is -2.19. The molecule has 0 amide bonds. The highest BCUT2D eigenvalue weighted by atomic mass is 127. The zero-order valence-corrected chi connectivity index (χ0v) is 17.2. The SMILES string of the molecule is CCNC(=NCc1nc(C)c(C)s1)NCCC(C)(C)C.I. The molecule has 1 rings (SSSR count). The number of aliphatic imine (C=N–C) groups is 1. The normalized spacial score (nSPS) is 12.0. The van der Waals surface area contributed by atoms with Gasteiger partial charge in [0.2, 0.25) is 0 Å². The maximum atomic E-state index is 4.60. The van der Waals surface area contributed by atoms with Gasteiger partial charge in [0.05, 0.1) is 12.2 Å². The van der Waals surface area contributed by atoms with Crippen LogP contribution in [0.3, 0.4) is 0 Å². The van der Waals surface area contributed by atoms with Crippen molar-refractivity contribution in [1.82, 2.24) is 15.6 Å². The first-order valence-electron chi connectivity index (χ1n) is 7.27. The lowest BCUT2D eigenvalue weighted by atomic mass is 9.92. The molecule has 0 aliphatic carbocycles. The summed E-state index contributed by atoms with van der Waals surface area (Å²) in [6, 6.07) is 0. The van der Waals surface area contributed by atoms with E-state index >= 15 is 0 Å². The number of hydrogen-bond acceptors (Lipinski definition) is 3. The van der Waals surface area contributed by atoms with Crippen LogP contribution in [0.2, 0.25) is 0 Å². The van der Waals surface area contributed by atoms with E-state index in [2.05, 4.69) is 55.2 Å². The molecule has 1 heterocycles. The van der Waals surface area contributed by atoms with Crippen molar-refractivity contribution >= 4 is 41.3 Å². The van der Waals surface area contributed by atoms with Gasteiger partial charge in [0.15, 0.2) is 5.96 Å². The van der Waals surface area contributed by atoms with Gasteiger partial charge in [-0.25, -0.2) is 9.98 Å². The van der Waals surface area contributed by atoms with E-state index < -0.39 is 0 Å². The minimum atomic E-state index is 0. The van der Waals surface area contributed by atoms with Crippen LogP contribution < -0.4 is 10.6 Å². The van der Waals surface area contributed by atoms with Crippen molar-refractivity contribution in [3.8, 4) is 0 Å². The van der Waals surface area contributed by atoms with Crippen LogP contribution in [0.1, 0.15) is 49.7 Å². The van der Waals surface area contributed by atoms with Gasteiger partial charge in [-0.15, -0.1) is 35.3 Å². The van der Waals surface area contributed by atoms with Crippen molar-refractivity contribution < 1.29 is 0 Å². The van der Waals surface area contributed by atoms with Crippen LogP contribution in [0.25, 0.3) is 0 Å². The number of rotatable bonds is 5. The first-order valence-corrected chi connectivity index (χ1v) is 8.08. The highest BCUT2D eigenvalue weighted by Crippen LogP contribution is 2.17. The summed E-state index contributed by atoms with van der Waals surface area (Å²) < 4.78 is 0. The Balaban J connectivity index is 0.00000400. The number of thiazole rings is 1. The zero-order chi connectivity index (χ0) is 15.2. The minimum Gasteiger partial charge on any atom is -0.357 e. The highest BCUT2D eigenvalue weighted by Gasteiger charge is 2.10. The zero-order valence-electron chi connectivity index (χ0n) is 14.0. The third kappa shape index (κ3) is 8.60. The standard InChI is InChI=1S/C15H28N4S.HI/c1-7-16-14(17-9-8-15(4,5)6)18-10-13-19-11(2)12(3)20-13;/h7-10H2,1-6H3,(H2,16,17,18);1H. The van der Waals surface area contributed by atoms with Crippen LogP contribution in [-0.4, -0.2) is 24.0 Å². The van der Waals surface area contributed by atoms with Crippen molar-refractivity contribution in [3.63, 3.8) is 0 Å². The molecule has 1 aromatic rings.